The van der Waals surface area contributed by atoms with Crippen LogP contribution in [-0.4, -0.2) is 34.9 Å². The highest BCUT2D eigenvalue weighted by atomic mass is 35.5. The van der Waals surface area contributed by atoms with Crippen molar-refractivity contribution in [2.75, 3.05) is 13.1 Å². The zero-order chi connectivity index (χ0) is 16.2. The second-order valence-electron chi connectivity index (χ2n) is 5.93. The van der Waals surface area contributed by atoms with E-state index < -0.39 is 0 Å². The van der Waals surface area contributed by atoms with Gasteiger partial charge in [0.1, 0.15) is 5.69 Å². The third-order valence-electron chi connectivity index (χ3n) is 4.01. The summed E-state index contributed by atoms with van der Waals surface area (Å²) in [5.74, 6) is -0.0623. The highest BCUT2D eigenvalue weighted by Gasteiger charge is 2.22. The monoisotopic (exact) mass is 349 g/mol. The molecule has 122 valence electrons. The fourth-order valence-electron chi connectivity index (χ4n) is 2.89. The zero-order valence-corrected chi connectivity index (χ0v) is 14.7. The molecule has 1 atom stereocenters. The van der Waals surface area contributed by atoms with Gasteiger partial charge < -0.3 is 5.32 Å². The number of benzene rings is 1. The van der Waals surface area contributed by atoms with Crippen LogP contribution >= 0.6 is 22.9 Å². The van der Waals surface area contributed by atoms with Gasteiger partial charge in [0, 0.05) is 29.5 Å². The summed E-state index contributed by atoms with van der Waals surface area (Å²) in [6, 6.07) is 8.14. The summed E-state index contributed by atoms with van der Waals surface area (Å²) < 4.78 is 0. The topological polar surface area (TPSA) is 45.2 Å². The molecule has 2 aromatic rings. The molecular weight excluding hydrogens is 330 g/mol. The zero-order valence-electron chi connectivity index (χ0n) is 13.1. The number of nitrogens with one attached hydrogen (secondary N) is 1. The molecule has 1 aliphatic heterocycles. The van der Waals surface area contributed by atoms with Gasteiger partial charge in [-0.05, 0) is 44.0 Å². The normalized spacial score (nSPS) is 18.8. The molecule has 0 aliphatic carbocycles. The van der Waals surface area contributed by atoms with Crippen molar-refractivity contribution in [1.29, 1.82) is 0 Å². The molecule has 1 aliphatic rings. The minimum atomic E-state index is -0.0623. The average Bonchev–Trinajstić information content (AvgIpc) is 2.97. The molecule has 1 unspecified atom stereocenters. The molecule has 1 N–H and O–H groups in total. The number of amides is 1. The number of aromatic nitrogens is 1. The van der Waals surface area contributed by atoms with Gasteiger partial charge in [0.05, 0.1) is 5.01 Å². The number of hydrogen-bond acceptors (Lipinski definition) is 4. The van der Waals surface area contributed by atoms with Gasteiger partial charge in [-0.3, -0.25) is 9.69 Å². The summed E-state index contributed by atoms with van der Waals surface area (Å²) in [5.41, 5.74) is 1.78. The first-order chi connectivity index (χ1) is 11.1. The largest absolute Gasteiger partial charge is 0.347 e. The third-order valence-corrected chi connectivity index (χ3v) is 5.04. The Balaban J connectivity index is 1.55. The summed E-state index contributed by atoms with van der Waals surface area (Å²) >= 11 is 7.43. The van der Waals surface area contributed by atoms with Gasteiger partial charge in [-0.25, -0.2) is 4.98 Å². The first kappa shape index (κ1) is 16.4. The van der Waals surface area contributed by atoms with Crippen LogP contribution in [0.5, 0.6) is 0 Å². The molecule has 0 radical (unpaired) electrons. The number of halogens is 1. The lowest BCUT2D eigenvalue weighted by Gasteiger charge is -2.33. The fraction of sp³-hybridized carbons (Fsp3) is 0.412. The van der Waals surface area contributed by atoms with E-state index in [-0.39, 0.29) is 11.9 Å². The van der Waals surface area contributed by atoms with Crippen molar-refractivity contribution in [2.24, 2.45) is 0 Å². The van der Waals surface area contributed by atoms with Crippen molar-refractivity contribution in [3.63, 3.8) is 0 Å². The van der Waals surface area contributed by atoms with Crippen molar-refractivity contribution in [2.45, 2.75) is 32.4 Å². The standard InChI is InChI=1S/C17H20ClN3OS/c1-12-19-16(11-23-12)17(22)20-15-3-2-8-21(10-15)9-13-4-6-14(18)7-5-13/h4-7,11,15H,2-3,8-10H2,1H3,(H,20,22). The lowest BCUT2D eigenvalue weighted by molar-refractivity contribution is 0.0896. The van der Waals surface area contributed by atoms with Crippen molar-refractivity contribution in [3.8, 4) is 0 Å². The molecule has 1 amide bonds. The van der Waals surface area contributed by atoms with Crippen LogP contribution in [0.15, 0.2) is 29.6 Å². The highest BCUT2D eigenvalue weighted by Crippen LogP contribution is 2.16. The lowest BCUT2D eigenvalue weighted by Crippen LogP contribution is -2.47. The van der Waals surface area contributed by atoms with Gasteiger partial charge >= 0.3 is 0 Å². The summed E-state index contributed by atoms with van der Waals surface area (Å²) in [7, 11) is 0. The van der Waals surface area contributed by atoms with Crippen molar-refractivity contribution in [1.82, 2.24) is 15.2 Å². The summed E-state index contributed by atoms with van der Waals surface area (Å²) in [6.07, 6.45) is 2.11. The maximum atomic E-state index is 12.2. The van der Waals surface area contributed by atoms with Crippen LogP contribution in [0.3, 0.4) is 0 Å². The SMILES string of the molecule is Cc1nc(C(=O)NC2CCCN(Cc3ccc(Cl)cc3)C2)cs1. The van der Waals surface area contributed by atoms with Gasteiger partial charge in [0.15, 0.2) is 0 Å². The van der Waals surface area contributed by atoms with E-state index in [1.807, 2.05) is 24.4 Å². The number of carbonyl (C=O) groups is 1. The van der Waals surface area contributed by atoms with E-state index in [0.717, 1.165) is 42.5 Å². The van der Waals surface area contributed by atoms with E-state index in [1.165, 1.54) is 16.9 Å². The molecular formula is C17H20ClN3OS. The summed E-state index contributed by atoms with van der Waals surface area (Å²) in [5, 5.41) is 6.61. The Kier molecular flexibility index (Phi) is 5.30. The maximum Gasteiger partial charge on any atom is 0.271 e. The first-order valence-corrected chi connectivity index (χ1v) is 9.06. The minimum Gasteiger partial charge on any atom is -0.347 e. The van der Waals surface area contributed by atoms with Crippen molar-refractivity contribution < 1.29 is 4.79 Å². The average molecular weight is 350 g/mol. The predicted octanol–water partition coefficient (Wildman–Crippen LogP) is 3.50. The summed E-state index contributed by atoms with van der Waals surface area (Å²) in [6.45, 7) is 4.73. The Bertz CT molecular complexity index is 671. The number of piperidine rings is 1. The smallest absolute Gasteiger partial charge is 0.271 e. The second kappa shape index (κ2) is 7.43. The predicted molar refractivity (Wildman–Crippen MR) is 94.1 cm³/mol. The van der Waals surface area contributed by atoms with E-state index >= 15 is 0 Å². The maximum absolute atomic E-state index is 12.2. The van der Waals surface area contributed by atoms with Crippen LogP contribution in [0.2, 0.25) is 5.02 Å². The fourth-order valence-corrected chi connectivity index (χ4v) is 3.61. The van der Waals surface area contributed by atoms with Crippen LogP contribution in [0.25, 0.3) is 0 Å². The van der Waals surface area contributed by atoms with Crippen LogP contribution in [0.1, 0.15) is 33.9 Å². The summed E-state index contributed by atoms with van der Waals surface area (Å²) in [4.78, 5) is 18.9. The number of aryl methyl sites for hydroxylation is 1. The Morgan fingerprint density at radius 3 is 2.91 bits per heavy atom. The van der Waals surface area contributed by atoms with Gasteiger partial charge in [-0.1, -0.05) is 23.7 Å². The molecule has 3 rings (SSSR count). The molecule has 6 heteroatoms. The first-order valence-electron chi connectivity index (χ1n) is 7.80. The lowest BCUT2D eigenvalue weighted by atomic mass is 10.0. The van der Waals surface area contributed by atoms with Crippen LogP contribution in [0.4, 0.5) is 0 Å². The molecule has 0 bridgehead atoms. The molecule has 1 saturated heterocycles. The number of thiazole rings is 1. The quantitative estimate of drug-likeness (QED) is 0.918. The number of hydrogen-bond donors (Lipinski definition) is 1. The van der Waals surface area contributed by atoms with Crippen LogP contribution < -0.4 is 5.32 Å². The molecule has 0 saturated carbocycles. The van der Waals surface area contributed by atoms with E-state index in [2.05, 4.69) is 27.3 Å². The molecule has 4 nitrogen and oxygen atoms in total. The molecule has 2 heterocycles. The molecule has 23 heavy (non-hydrogen) atoms. The molecule has 1 aromatic carbocycles. The number of likely N-dealkylation sites (tertiary alicyclic amines) is 1. The Hall–Kier alpha value is -1.43. The number of rotatable bonds is 4. The molecule has 0 spiro atoms. The van der Waals surface area contributed by atoms with Crippen LogP contribution in [-0.2, 0) is 6.54 Å². The van der Waals surface area contributed by atoms with E-state index in [9.17, 15) is 4.79 Å². The number of carbonyl (C=O) groups excluding carboxylic acids is 1. The van der Waals surface area contributed by atoms with Gasteiger partial charge in [-0.2, -0.15) is 0 Å². The third kappa shape index (κ3) is 4.53. The van der Waals surface area contributed by atoms with E-state index in [1.54, 1.807) is 0 Å². The van der Waals surface area contributed by atoms with Gasteiger partial charge in [0.2, 0.25) is 0 Å². The van der Waals surface area contributed by atoms with Gasteiger partial charge in [-0.15, -0.1) is 11.3 Å². The molecule has 1 fully saturated rings. The van der Waals surface area contributed by atoms with E-state index in [0.29, 0.717) is 5.69 Å². The Labute approximate surface area is 145 Å². The minimum absolute atomic E-state index is 0.0623. The molecule has 1 aromatic heterocycles. The van der Waals surface area contributed by atoms with E-state index in [4.69, 9.17) is 11.6 Å². The van der Waals surface area contributed by atoms with Crippen LogP contribution in [0, 0.1) is 6.92 Å². The highest BCUT2D eigenvalue weighted by molar-refractivity contribution is 7.09. The van der Waals surface area contributed by atoms with Crippen molar-refractivity contribution >= 4 is 28.8 Å². The van der Waals surface area contributed by atoms with Crippen molar-refractivity contribution in [3.05, 3.63) is 50.9 Å². The Morgan fingerprint density at radius 2 is 2.22 bits per heavy atom. The van der Waals surface area contributed by atoms with Gasteiger partial charge in [0.25, 0.3) is 5.91 Å². The second-order valence-corrected chi connectivity index (χ2v) is 7.42. The number of nitrogens with zero attached hydrogens (tertiary/aromatic N) is 2. The Morgan fingerprint density at radius 1 is 1.43 bits per heavy atom.